The topological polar surface area (TPSA) is 75.2 Å². The van der Waals surface area contributed by atoms with Crippen molar-refractivity contribution in [3.05, 3.63) is 35.5 Å². The van der Waals surface area contributed by atoms with Crippen molar-refractivity contribution in [1.29, 1.82) is 0 Å². The number of hydrogen-bond acceptors (Lipinski definition) is 5. The van der Waals surface area contributed by atoms with E-state index in [0.29, 0.717) is 19.5 Å². The molecule has 6 nitrogen and oxygen atoms in total. The standard InChI is InChI=1S/C18H22N4O2S/c23-16(20-9-11-22-10-5-1-2-7-17(22)24)12-14-13-25-18(21-14)15-6-3-4-8-19-15/h3-4,6,8,13H,1-2,5,7,9-12H2,(H,20,23). The molecule has 2 aromatic heterocycles. The summed E-state index contributed by atoms with van der Waals surface area (Å²) < 4.78 is 0. The Balaban J connectivity index is 1.45. The van der Waals surface area contributed by atoms with Crippen molar-refractivity contribution < 1.29 is 9.59 Å². The van der Waals surface area contributed by atoms with Gasteiger partial charge in [0.1, 0.15) is 5.01 Å². The van der Waals surface area contributed by atoms with E-state index in [0.717, 1.165) is 42.2 Å². The van der Waals surface area contributed by atoms with E-state index in [1.54, 1.807) is 6.20 Å². The smallest absolute Gasteiger partial charge is 0.226 e. The molecule has 3 heterocycles. The molecule has 2 amide bonds. The summed E-state index contributed by atoms with van der Waals surface area (Å²) in [5.74, 6) is 0.131. The van der Waals surface area contributed by atoms with Gasteiger partial charge in [-0.05, 0) is 25.0 Å². The number of carbonyl (C=O) groups is 2. The van der Waals surface area contributed by atoms with E-state index in [-0.39, 0.29) is 18.2 Å². The number of nitrogens with one attached hydrogen (secondary N) is 1. The molecule has 1 N–H and O–H groups in total. The Labute approximate surface area is 151 Å². The van der Waals surface area contributed by atoms with Gasteiger partial charge in [-0.2, -0.15) is 0 Å². The molecule has 0 atom stereocenters. The minimum Gasteiger partial charge on any atom is -0.354 e. The van der Waals surface area contributed by atoms with Crippen LogP contribution < -0.4 is 5.32 Å². The molecule has 25 heavy (non-hydrogen) atoms. The second kappa shape index (κ2) is 8.71. The molecule has 0 spiro atoms. The largest absolute Gasteiger partial charge is 0.354 e. The zero-order valence-corrected chi connectivity index (χ0v) is 14.9. The van der Waals surface area contributed by atoms with Crippen LogP contribution in [0.5, 0.6) is 0 Å². The van der Waals surface area contributed by atoms with Gasteiger partial charge < -0.3 is 10.2 Å². The van der Waals surface area contributed by atoms with Crippen LogP contribution in [0, 0.1) is 0 Å². The van der Waals surface area contributed by atoms with Crippen LogP contribution in [-0.4, -0.2) is 46.3 Å². The third-order valence-electron chi connectivity index (χ3n) is 4.15. The molecular formula is C18H22N4O2S. The van der Waals surface area contributed by atoms with Crippen molar-refractivity contribution >= 4 is 23.2 Å². The molecule has 1 saturated heterocycles. The maximum atomic E-state index is 12.1. The van der Waals surface area contributed by atoms with Crippen molar-refractivity contribution in [3.63, 3.8) is 0 Å². The van der Waals surface area contributed by atoms with Crippen LogP contribution in [0.2, 0.25) is 0 Å². The van der Waals surface area contributed by atoms with Gasteiger partial charge in [-0.15, -0.1) is 11.3 Å². The molecule has 0 aromatic carbocycles. The number of pyridine rings is 1. The van der Waals surface area contributed by atoms with E-state index in [2.05, 4.69) is 15.3 Å². The van der Waals surface area contributed by atoms with Gasteiger partial charge in [0.2, 0.25) is 11.8 Å². The lowest BCUT2D eigenvalue weighted by atomic mass is 10.2. The SMILES string of the molecule is O=C(Cc1csc(-c2ccccn2)n1)NCCN1CCCCCC1=O. The Hall–Kier alpha value is -2.28. The first-order valence-electron chi connectivity index (χ1n) is 8.62. The average Bonchev–Trinajstić information content (AvgIpc) is 2.99. The van der Waals surface area contributed by atoms with E-state index in [1.807, 2.05) is 28.5 Å². The monoisotopic (exact) mass is 358 g/mol. The maximum absolute atomic E-state index is 12.1. The summed E-state index contributed by atoms with van der Waals surface area (Å²) in [5, 5.41) is 5.59. The Kier molecular flexibility index (Phi) is 6.11. The molecule has 1 aliphatic heterocycles. The molecular weight excluding hydrogens is 336 g/mol. The Bertz CT molecular complexity index is 717. The van der Waals surface area contributed by atoms with E-state index in [4.69, 9.17) is 0 Å². The average molecular weight is 358 g/mol. The predicted octanol–water partition coefficient (Wildman–Crippen LogP) is 2.27. The Morgan fingerprint density at radius 3 is 3.04 bits per heavy atom. The summed E-state index contributed by atoms with van der Waals surface area (Å²) in [6.45, 7) is 1.87. The quantitative estimate of drug-likeness (QED) is 0.859. The molecule has 132 valence electrons. The highest BCUT2D eigenvalue weighted by Gasteiger charge is 2.16. The third kappa shape index (κ3) is 5.09. The van der Waals surface area contributed by atoms with Crippen molar-refractivity contribution in [2.75, 3.05) is 19.6 Å². The summed E-state index contributed by atoms with van der Waals surface area (Å²) in [6, 6.07) is 5.68. The fourth-order valence-corrected chi connectivity index (χ4v) is 3.62. The highest BCUT2D eigenvalue weighted by molar-refractivity contribution is 7.13. The molecule has 3 rings (SSSR count). The normalized spacial score (nSPS) is 15.0. The van der Waals surface area contributed by atoms with Gasteiger partial charge >= 0.3 is 0 Å². The van der Waals surface area contributed by atoms with Gasteiger partial charge in [-0.3, -0.25) is 14.6 Å². The molecule has 2 aromatic rings. The number of rotatable bonds is 6. The van der Waals surface area contributed by atoms with Crippen LogP contribution in [0.4, 0.5) is 0 Å². The molecule has 1 aliphatic rings. The second-order valence-corrected chi connectivity index (χ2v) is 6.94. The van der Waals surface area contributed by atoms with Crippen LogP contribution in [-0.2, 0) is 16.0 Å². The number of carbonyl (C=O) groups excluding carboxylic acids is 2. The zero-order valence-electron chi connectivity index (χ0n) is 14.1. The summed E-state index contributed by atoms with van der Waals surface area (Å²) in [4.78, 5) is 34.6. The summed E-state index contributed by atoms with van der Waals surface area (Å²) in [7, 11) is 0. The summed E-state index contributed by atoms with van der Waals surface area (Å²) in [6.07, 6.45) is 5.74. The van der Waals surface area contributed by atoms with Crippen LogP contribution in [0.25, 0.3) is 10.7 Å². The van der Waals surface area contributed by atoms with Crippen LogP contribution in [0.3, 0.4) is 0 Å². The molecule has 7 heteroatoms. The third-order valence-corrected chi connectivity index (χ3v) is 5.07. The van der Waals surface area contributed by atoms with Gasteiger partial charge in [-0.25, -0.2) is 4.98 Å². The minimum absolute atomic E-state index is 0.0693. The van der Waals surface area contributed by atoms with Gasteiger partial charge in [0, 0.05) is 37.6 Å². The molecule has 0 radical (unpaired) electrons. The highest BCUT2D eigenvalue weighted by Crippen LogP contribution is 2.21. The van der Waals surface area contributed by atoms with E-state index < -0.39 is 0 Å². The number of likely N-dealkylation sites (tertiary alicyclic amines) is 1. The number of aromatic nitrogens is 2. The molecule has 0 saturated carbocycles. The van der Waals surface area contributed by atoms with E-state index >= 15 is 0 Å². The fraction of sp³-hybridized carbons (Fsp3) is 0.444. The Morgan fingerprint density at radius 1 is 1.28 bits per heavy atom. The maximum Gasteiger partial charge on any atom is 0.226 e. The van der Waals surface area contributed by atoms with Gasteiger partial charge in [0.25, 0.3) is 0 Å². The Morgan fingerprint density at radius 2 is 2.20 bits per heavy atom. The molecule has 1 fully saturated rings. The van der Waals surface area contributed by atoms with Crippen LogP contribution in [0.15, 0.2) is 29.8 Å². The first-order valence-corrected chi connectivity index (χ1v) is 9.50. The summed E-state index contributed by atoms with van der Waals surface area (Å²) >= 11 is 1.49. The molecule has 0 bridgehead atoms. The van der Waals surface area contributed by atoms with Crippen molar-refractivity contribution in [1.82, 2.24) is 20.2 Å². The van der Waals surface area contributed by atoms with Crippen LogP contribution >= 0.6 is 11.3 Å². The first kappa shape index (κ1) is 17.5. The molecule has 0 aliphatic carbocycles. The van der Waals surface area contributed by atoms with Crippen molar-refractivity contribution in [2.24, 2.45) is 0 Å². The fourth-order valence-electron chi connectivity index (χ4n) is 2.83. The number of thiazole rings is 1. The summed E-state index contributed by atoms with van der Waals surface area (Å²) in [5.41, 5.74) is 1.56. The van der Waals surface area contributed by atoms with Crippen molar-refractivity contribution in [2.45, 2.75) is 32.1 Å². The van der Waals surface area contributed by atoms with E-state index in [1.165, 1.54) is 11.3 Å². The lowest BCUT2D eigenvalue weighted by molar-refractivity contribution is -0.131. The van der Waals surface area contributed by atoms with Crippen LogP contribution in [0.1, 0.15) is 31.4 Å². The first-order chi connectivity index (χ1) is 12.2. The number of nitrogens with zero attached hydrogens (tertiary/aromatic N) is 3. The lowest BCUT2D eigenvalue weighted by Gasteiger charge is -2.20. The van der Waals surface area contributed by atoms with E-state index in [9.17, 15) is 9.59 Å². The number of hydrogen-bond donors (Lipinski definition) is 1. The minimum atomic E-state index is -0.0693. The predicted molar refractivity (Wildman–Crippen MR) is 97.1 cm³/mol. The number of amides is 2. The van der Waals surface area contributed by atoms with Gasteiger partial charge in [0.05, 0.1) is 17.8 Å². The lowest BCUT2D eigenvalue weighted by Crippen LogP contribution is -2.38. The second-order valence-electron chi connectivity index (χ2n) is 6.08. The molecule has 0 unspecified atom stereocenters. The highest BCUT2D eigenvalue weighted by atomic mass is 32.1. The van der Waals surface area contributed by atoms with Crippen molar-refractivity contribution in [3.8, 4) is 10.7 Å². The zero-order chi connectivity index (χ0) is 17.5. The van der Waals surface area contributed by atoms with Gasteiger partial charge in [0.15, 0.2) is 0 Å². The van der Waals surface area contributed by atoms with Gasteiger partial charge in [-0.1, -0.05) is 12.5 Å².